The number of methoxy groups -OCH3 is 1. The average molecular weight is 441 g/mol. The predicted molar refractivity (Wildman–Crippen MR) is 118 cm³/mol. The summed E-state index contributed by atoms with van der Waals surface area (Å²) in [6.45, 7) is 3.38. The number of alkyl halides is 1. The van der Waals surface area contributed by atoms with Crippen LogP contribution in [0.25, 0.3) is 11.3 Å². The van der Waals surface area contributed by atoms with Crippen LogP contribution in [0.4, 0.5) is 14.6 Å². The van der Waals surface area contributed by atoms with Gasteiger partial charge >= 0.3 is 0 Å². The Hall–Kier alpha value is -3.62. The maximum atomic E-state index is 14.4. The molecule has 0 aliphatic carbocycles. The van der Waals surface area contributed by atoms with Gasteiger partial charge in [0.1, 0.15) is 17.4 Å². The molecule has 32 heavy (non-hydrogen) atoms. The van der Waals surface area contributed by atoms with Crippen molar-refractivity contribution in [3.05, 3.63) is 65.7 Å². The van der Waals surface area contributed by atoms with Crippen molar-refractivity contribution >= 4 is 11.7 Å². The number of nitrogens with zero attached hydrogens (tertiary/aromatic N) is 3. The minimum absolute atomic E-state index is 0.0799. The number of primary amides is 1. The maximum Gasteiger partial charge on any atom is 0.252 e. The number of hydrogen-bond acceptors (Lipinski definition) is 6. The first-order chi connectivity index (χ1) is 15.2. The molecule has 0 fully saturated rings. The van der Waals surface area contributed by atoms with Crippen molar-refractivity contribution in [2.45, 2.75) is 31.9 Å². The van der Waals surface area contributed by atoms with Crippen LogP contribution in [0.5, 0.6) is 5.75 Å². The number of anilines is 1. The summed E-state index contributed by atoms with van der Waals surface area (Å²) in [6.07, 6.45) is 0.417. The zero-order valence-corrected chi connectivity index (χ0v) is 18.1. The Morgan fingerprint density at radius 2 is 2.00 bits per heavy atom. The third kappa shape index (κ3) is 4.99. The van der Waals surface area contributed by atoms with Crippen molar-refractivity contribution in [3.63, 3.8) is 0 Å². The zero-order chi connectivity index (χ0) is 23.3. The van der Waals surface area contributed by atoms with Crippen LogP contribution in [0.3, 0.4) is 0 Å². The highest BCUT2D eigenvalue weighted by molar-refractivity contribution is 5.98. The Bertz CT molecular complexity index is 1090. The standard InChI is InChI=1S/C23H25F2N5O2/c1-14(24)12-23(2,21-17(25)8-5-11-27-21)13-28-19-10-9-18(29-30-19)15-6-4-7-16(22(26)31)20(15)32-3/h4-11,14H,12-13H2,1-3H3,(H2,26,31)(H,28,30)/t14-,23-/m0/s1. The Labute approximate surface area is 185 Å². The largest absolute Gasteiger partial charge is 0.495 e. The smallest absolute Gasteiger partial charge is 0.252 e. The summed E-state index contributed by atoms with van der Waals surface area (Å²) in [5.74, 6) is -0.364. The van der Waals surface area contributed by atoms with Gasteiger partial charge in [0.2, 0.25) is 0 Å². The first-order valence-corrected chi connectivity index (χ1v) is 10.0. The molecule has 1 aromatic carbocycles. The fraction of sp³-hybridized carbons (Fsp3) is 0.304. The van der Waals surface area contributed by atoms with Gasteiger partial charge in [0.25, 0.3) is 5.91 Å². The van der Waals surface area contributed by atoms with Crippen LogP contribution in [0.15, 0.2) is 48.7 Å². The number of nitrogens with one attached hydrogen (secondary N) is 1. The van der Waals surface area contributed by atoms with E-state index in [2.05, 4.69) is 20.5 Å². The first kappa shape index (κ1) is 23.1. The van der Waals surface area contributed by atoms with E-state index >= 15 is 0 Å². The number of halogens is 2. The van der Waals surface area contributed by atoms with E-state index in [1.807, 2.05) is 0 Å². The average Bonchev–Trinajstić information content (AvgIpc) is 2.77. The lowest BCUT2D eigenvalue weighted by Gasteiger charge is -2.30. The number of amides is 1. The molecule has 2 aromatic heterocycles. The summed E-state index contributed by atoms with van der Waals surface area (Å²) in [6, 6.07) is 11.2. The normalized spacial score (nSPS) is 13.8. The molecule has 2 heterocycles. The molecule has 1 amide bonds. The van der Waals surface area contributed by atoms with E-state index in [4.69, 9.17) is 10.5 Å². The first-order valence-electron chi connectivity index (χ1n) is 10.0. The number of para-hydroxylation sites is 1. The molecule has 3 rings (SSSR count). The zero-order valence-electron chi connectivity index (χ0n) is 18.1. The van der Waals surface area contributed by atoms with Crippen LogP contribution in [0, 0.1) is 5.82 Å². The molecule has 7 nitrogen and oxygen atoms in total. The van der Waals surface area contributed by atoms with Gasteiger partial charge in [-0.1, -0.05) is 13.0 Å². The molecular weight excluding hydrogens is 416 g/mol. The summed E-state index contributed by atoms with van der Waals surface area (Å²) in [4.78, 5) is 15.8. The fourth-order valence-corrected chi connectivity index (χ4v) is 3.71. The number of carbonyl (C=O) groups is 1. The second kappa shape index (κ2) is 9.67. The van der Waals surface area contributed by atoms with Gasteiger partial charge in [-0.05, 0) is 49.7 Å². The number of ether oxygens (including phenoxy) is 1. The molecule has 0 radical (unpaired) electrons. The highest BCUT2D eigenvalue weighted by atomic mass is 19.1. The molecule has 3 aromatic rings. The van der Waals surface area contributed by atoms with Crippen molar-refractivity contribution < 1.29 is 18.3 Å². The van der Waals surface area contributed by atoms with Crippen molar-refractivity contribution in [2.75, 3.05) is 19.0 Å². The van der Waals surface area contributed by atoms with Gasteiger partial charge in [0.05, 0.1) is 30.2 Å². The summed E-state index contributed by atoms with van der Waals surface area (Å²) < 4.78 is 33.6. The molecule has 0 saturated carbocycles. The molecular formula is C23H25F2N5O2. The fourth-order valence-electron chi connectivity index (χ4n) is 3.71. The molecule has 2 atom stereocenters. The van der Waals surface area contributed by atoms with Crippen molar-refractivity contribution in [1.29, 1.82) is 0 Å². The lowest BCUT2D eigenvalue weighted by Crippen LogP contribution is -2.35. The number of nitrogens with two attached hydrogens (primary N) is 1. The molecule has 0 aliphatic heterocycles. The summed E-state index contributed by atoms with van der Waals surface area (Å²) in [5.41, 5.74) is 5.98. The van der Waals surface area contributed by atoms with Crippen LogP contribution >= 0.6 is 0 Å². The molecule has 168 valence electrons. The third-order valence-electron chi connectivity index (χ3n) is 5.15. The maximum absolute atomic E-state index is 14.4. The quantitative estimate of drug-likeness (QED) is 0.522. The van der Waals surface area contributed by atoms with E-state index in [0.29, 0.717) is 22.8 Å². The van der Waals surface area contributed by atoms with Crippen molar-refractivity contribution in [2.24, 2.45) is 5.73 Å². The van der Waals surface area contributed by atoms with Gasteiger partial charge in [-0.3, -0.25) is 9.78 Å². The summed E-state index contributed by atoms with van der Waals surface area (Å²) in [5, 5.41) is 11.5. The van der Waals surface area contributed by atoms with Crippen LogP contribution in [-0.2, 0) is 5.41 Å². The van der Waals surface area contributed by atoms with E-state index in [-0.39, 0.29) is 24.2 Å². The number of aromatic nitrogens is 3. The number of benzene rings is 1. The topological polar surface area (TPSA) is 103 Å². The van der Waals surface area contributed by atoms with E-state index in [9.17, 15) is 13.6 Å². The number of carbonyl (C=O) groups excluding carboxylic acids is 1. The van der Waals surface area contributed by atoms with Gasteiger partial charge in [0, 0.05) is 23.7 Å². The summed E-state index contributed by atoms with van der Waals surface area (Å²) >= 11 is 0. The summed E-state index contributed by atoms with van der Waals surface area (Å²) in [7, 11) is 1.44. The van der Waals surface area contributed by atoms with Gasteiger partial charge in [-0.2, -0.15) is 0 Å². The minimum atomic E-state index is -1.15. The number of rotatable bonds is 9. The van der Waals surface area contributed by atoms with E-state index in [1.165, 1.54) is 32.4 Å². The Kier molecular flexibility index (Phi) is 6.97. The van der Waals surface area contributed by atoms with Crippen LogP contribution in [-0.4, -0.2) is 40.9 Å². The Morgan fingerprint density at radius 1 is 1.22 bits per heavy atom. The lowest BCUT2D eigenvalue weighted by molar-refractivity contribution is 0.0997. The minimum Gasteiger partial charge on any atom is -0.495 e. The molecule has 0 aliphatic rings. The van der Waals surface area contributed by atoms with Gasteiger partial charge in [0.15, 0.2) is 0 Å². The van der Waals surface area contributed by atoms with Gasteiger partial charge < -0.3 is 15.8 Å². The third-order valence-corrected chi connectivity index (χ3v) is 5.15. The van der Waals surface area contributed by atoms with Crippen molar-refractivity contribution in [1.82, 2.24) is 15.2 Å². The van der Waals surface area contributed by atoms with E-state index in [1.54, 1.807) is 37.3 Å². The Morgan fingerprint density at radius 3 is 2.59 bits per heavy atom. The second-order valence-electron chi connectivity index (χ2n) is 7.79. The highest BCUT2D eigenvalue weighted by Crippen LogP contribution is 2.33. The van der Waals surface area contributed by atoms with Crippen LogP contribution in [0.1, 0.15) is 36.3 Å². The van der Waals surface area contributed by atoms with E-state index in [0.717, 1.165) is 0 Å². The molecule has 0 bridgehead atoms. The lowest BCUT2D eigenvalue weighted by atomic mass is 9.81. The molecule has 0 unspecified atom stereocenters. The number of hydrogen-bond donors (Lipinski definition) is 2. The predicted octanol–water partition coefficient (Wildman–Crippen LogP) is 3.90. The number of pyridine rings is 1. The van der Waals surface area contributed by atoms with Gasteiger partial charge in [-0.15, -0.1) is 10.2 Å². The van der Waals surface area contributed by atoms with E-state index < -0.39 is 23.3 Å². The molecule has 9 heteroatoms. The Balaban J connectivity index is 1.83. The van der Waals surface area contributed by atoms with Gasteiger partial charge in [-0.25, -0.2) is 8.78 Å². The monoisotopic (exact) mass is 441 g/mol. The highest BCUT2D eigenvalue weighted by Gasteiger charge is 2.33. The second-order valence-corrected chi connectivity index (χ2v) is 7.79. The molecule has 3 N–H and O–H groups in total. The SMILES string of the molecule is COc1c(C(N)=O)cccc1-c1ccc(NC[C@](C)(C[C@H](C)F)c2ncccc2F)nn1. The van der Waals surface area contributed by atoms with Crippen LogP contribution < -0.4 is 15.8 Å². The molecule has 0 saturated heterocycles. The van der Waals surface area contributed by atoms with Crippen molar-refractivity contribution in [3.8, 4) is 17.0 Å². The molecule has 0 spiro atoms. The van der Waals surface area contributed by atoms with Crippen LogP contribution in [0.2, 0.25) is 0 Å².